The van der Waals surface area contributed by atoms with Crippen LogP contribution < -0.4 is 5.84 Å². The van der Waals surface area contributed by atoms with Gasteiger partial charge in [0.2, 0.25) is 0 Å². The highest BCUT2D eigenvalue weighted by Gasteiger charge is 2.06. The summed E-state index contributed by atoms with van der Waals surface area (Å²) in [5.74, 6) is 6.84. The zero-order valence-corrected chi connectivity index (χ0v) is 12.4. The summed E-state index contributed by atoms with van der Waals surface area (Å²) in [5, 5.41) is 16.1. The van der Waals surface area contributed by atoms with Crippen LogP contribution in [0.3, 0.4) is 0 Å². The lowest BCUT2D eigenvalue weighted by molar-refractivity contribution is 0.840. The molecular weight excluding hydrogens is 252 g/mol. The van der Waals surface area contributed by atoms with Crippen LogP contribution in [-0.4, -0.2) is 14.9 Å². The monoisotopic (exact) mass is 272 g/mol. The number of hydrogen-bond acceptors (Lipinski definition) is 5. The van der Waals surface area contributed by atoms with Crippen molar-refractivity contribution in [2.45, 2.75) is 40.7 Å². The van der Waals surface area contributed by atoms with Gasteiger partial charge in [0.1, 0.15) is 0 Å². The van der Waals surface area contributed by atoms with Crippen LogP contribution in [0.5, 0.6) is 0 Å². The fourth-order valence-electron chi connectivity index (χ4n) is 1.99. The van der Waals surface area contributed by atoms with Crippen LogP contribution in [-0.2, 0) is 13.0 Å². The van der Waals surface area contributed by atoms with Crippen molar-refractivity contribution in [1.82, 2.24) is 14.9 Å². The van der Waals surface area contributed by atoms with E-state index in [2.05, 4.69) is 53.3 Å². The second kappa shape index (κ2) is 5.81. The Kier molecular flexibility index (Phi) is 4.12. The Morgan fingerprint density at radius 1 is 1.10 bits per heavy atom. The molecule has 6 nitrogen and oxygen atoms in total. The van der Waals surface area contributed by atoms with Gasteiger partial charge in [0.25, 0.3) is 5.95 Å². The van der Waals surface area contributed by atoms with Gasteiger partial charge in [-0.05, 0) is 43.0 Å². The fourth-order valence-corrected chi connectivity index (χ4v) is 1.99. The lowest BCUT2D eigenvalue weighted by atomic mass is 10.0. The molecule has 0 aliphatic heterocycles. The molecule has 2 aromatic rings. The molecule has 1 aromatic carbocycles. The largest absolute Gasteiger partial charge is 0.335 e. The molecular formula is C14H20N6. The summed E-state index contributed by atoms with van der Waals surface area (Å²) in [6, 6.07) is 4.31. The van der Waals surface area contributed by atoms with Crippen molar-refractivity contribution in [1.29, 1.82) is 0 Å². The Bertz CT molecular complexity index is 641. The first-order valence-electron chi connectivity index (χ1n) is 6.66. The van der Waals surface area contributed by atoms with Crippen LogP contribution in [0.1, 0.15) is 35.0 Å². The number of hydrogen-bond donors (Lipinski definition) is 1. The summed E-state index contributed by atoms with van der Waals surface area (Å²) in [6.07, 6.45) is 0.718. The molecule has 2 N–H and O–H groups in total. The standard InChI is InChI=1S/C14H20N6/c1-5-13-17-19-14(20(13)15)18-16-8-12-7-10(3)9(2)6-11(12)4/h6-7H,5,8,15H2,1-4H3. The maximum absolute atomic E-state index is 5.81. The molecule has 0 saturated heterocycles. The van der Waals surface area contributed by atoms with E-state index in [1.54, 1.807) is 0 Å². The average molecular weight is 272 g/mol. The Morgan fingerprint density at radius 3 is 2.45 bits per heavy atom. The third kappa shape index (κ3) is 2.84. The lowest BCUT2D eigenvalue weighted by Crippen LogP contribution is -2.11. The number of azo groups is 1. The molecule has 0 radical (unpaired) electrons. The first-order valence-corrected chi connectivity index (χ1v) is 6.66. The highest BCUT2D eigenvalue weighted by atomic mass is 15.5. The number of aromatic nitrogens is 3. The molecule has 0 bridgehead atoms. The topological polar surface area (TPSA) is 81.5 Å². The van der Waals surface area contributed by atoms with Gasteiger partial charge in [0.05, 0.1) is 6.54 Å². The van der Waals surface area contributed by atoms with Crippen molar-refractivity contribution in [3.8, 4) is 0 Å². The highest BCUT2D eigenvalue weighted by molar-refractivity contribution is 5.36. The zero-order chi connectivity index (χ0) is 14.7. The van der Waals surface area contributed by atoms with Gasteiger partial charge in [0.15, 0.2) is 5.82 Å². The predicted molar refractivity (Wildman–Crippen MR) is 78.4 cm³/mol. The van der Waals surface area contributed by atoms with E-state index in [0.717, 1.165) is 12.0 Å². The minimum Gasteiger partial charge on any atom is -0.335 e. The number of nitrogens with zero attached hydrogens (tertiary/aromatic N) is 5. The van der Waals surface area contributed by atoms with E-state index in [1.807, 2.05) is 6.92 Å². The summed E-state index contributed by atoms with van der Waals surface area (Å²) < 4.78 is 1.37. The Hall–Kier alpha value is -2.24. The number of rotatable bonds is 4. The molecule has 0 unspecified atom stereocenters. The van der Waals surface area contributed by atoms with Gasteiger partial charge < -0.3 is 5.84 Å². The smallest absolute Gasteiger partial charge is 0.288 e. The molecule has 20 heavy (non-hydrogen) atoms. The minimum atomic E-state index is 0.336. The number of nitrogen functional groups attached to an aromatic ring is 1. The molecule has 1 heterocycles. The molecule has 0 atom stereocenters. The fraction of sp³-hybridized carbons (Fsp3) is 0.429. The van der Waals surface area contributed by atoms with Gasteiger partial charge in [-0.1, -0.05) is 19.1 Å². The number of aryl methyl sites for hydroxylation is 4. The van der Waals surface area contributed by atoms with Crippen LogP contribution in [0.15, 0.2) is 22.4 Å². The molecule has 0 saturated carbocycles. The van der Waals surface area contributed by atoms with Crippen molar-refractivity contribution < 1.29 is 0 Å². The van der Waals surface area contributed by atoms with Crippen molar-refractivity contribution in [3.63, 3.8) is 0 Å². The molecule has 0 aliphatic rings. The van der Waals surface area contributed by atoms with Crippen LogP contribution in [0.25, 0.3) is 0 Å². The molecule has 2 rings (SSSR count). The summed E-state index contributed by atoms with van der Waals surface area (Å²) in [7, 11) is 0. The molecule has 106 valence electrons. The van der Waals surface area contributed by atoms with E-state index in [0.29, 0.717) is 18.3 Å². The van der Waals surface area contributed by atoms with Gasteiger partial charge >= 0.3 is 0 Å². The third-order valence-electron chi connectivity index (χ3n) is 3.42. The van der Waals surface area contributed by atoms with Gasteiger partial charge in [0, 0.05) is 6.42 Å². The van der Waals surface area contributed by atoms with Crippen molar-refractivity contribution in [2.75, 3.05) is 5.84 Å². The average Bonchev–Trinajstić information content (AvgIpc) is 2.76. The maximum atomic E-state index is 5.81. The zero-order valence-electron chi connectivity index (χ0n) is 12.4. The minimum absolute atomic E-state index is 0.336. The first kappa shape index (κ1) is 14.2. The van der Waals surface area contributed by atoms with Crippen LogP contribution in [0.4, 0.5) is 5.95 Å². The van der Waals surface area contributed by atoms with Crippen molar-refractivity contribution in [2.24, 2.45) is 10.2 Å². The quantitative estimate of drug-likeness (QED) is 0.686. The van der Waals surface area contributed by atoms with Gasteiger partial charge in [-0.2, -0.15) is 5.11 Å². The van der Waals surface area contributed by atoms with E-state index >= 15 is 0 Å². The van der Waals surface area contributed by atoms with Crippen molar-refractivity contribution in [3.05, 3.63) is 40.2 Å². The number of benzene rings is 1. The summed E-state index contributed by atoms with van der Waals surface area (Å²) in [4.78, 5) is 0. The Morgan fingerprint density at radius 2 is 1.80 bits per heavy atom. The van der Waals surface area contributed by atoms with E-state index in [-0.39, 0.29) is 0 Å². The van der Waals surface area contributed by atoms with Crippen LogP contribution in [0, 0.1) is 20.8 Å². The lowest BCUT2D eigenvalue weighted by Gasteiger charge is -2.06. The molecule has 1 aromatic heterocycles. The SMILES string of the molecule is CCc1nnc(N=NCc2cc(C)c(C)cc2C)n1N. The number of nitrogens with two attached hydrogens (primary N) is 1. The summed E-state index contributed by atoms with van der Waals surface area (Å²) in [6.45, 7) is 8.77. The molecule has 0 spiro atoms. The normalized spacial score (nSPS) is 11.4. The van der Waals surface area contributed by atoms with Gasteiger partial charge in [-0.15, -0.1) is 15.3 Å². The molecule has 0 aliphatic carbocycles. The van der Waals surface area contributed by atoms with Crippen molar-refractivity contribution >= 4 is 5.95 Å². The molecule has 0 fully saturated rings. The van der Waals surface area contributed by atoms with Crippen LogP contribution in [0.2, 0.25) is 0 Å². The second-order valence-electron chi connectivity index (χ2n) is 4.90. The summed E-state index contributed by atoms with van der Waals surface area (Å²) >= 11 is 0. The molecule has 0 amide bonds. The Balaban J connectivity index is 2.14. The van der Waals surface area contributed by atoms with E-state index in [1.165, 1.54) is 21.4 Å². The molecule has 6 heteroatoms. The van der Waals surface area contributed by atoms with E-state index in [4.69, 9.17) is 5.84 Å². The maximum Gasteiger partial charge on any atom is 0.288 e. The van der Waals surface area contributed by atoms with Crippen LogP contribution >= 0.6 is 0 Å². The third-order valence-corrected chi connectivity index (χ3v) is 3.42. The summed E-state index contributed by atoms with van der Waals surface area (Å²) in [5.41, 5.74) is 4.93. The Labute approximate surface area is 118 Å². The van der Waals surface area contributed by atoms with E-state index < -0.39 is 0 Å². The highest BCUT2D eigenvalue weighted by Crippen LogP contribution is 2.17. The van der Waals surface area contributed by atoms with E-state index in [9.17, 15) is 0 Å². The van der Waals surface area contributed by atoms with Gasteiger partial charge in [-0.3, -0.25) is 0 Å². The predicted octanol–water partition coefficient (Wildman–Crippen LogP) is 2.76. The second-order valence-corrected chi connectivity index (χ2v) is 4.90. The van der Waals surface area contributed by atoms with Gasteiger partial charge in [-0.25, -0.2) is 4.68 Å². The first-order chi connectivity index (χ1) is 9.52.